The summed E-state index contributed by atoms with van der Waals surface area (Å²) in [6.45, 7) is 2.44. The molecule has 0 amide bonds. The van der Waals surface area contributed by atoms with E-state index in [9.17, 15) is 27.6 Å². The molecule has 6 nitrogen and oxygen atoms in total. The molecule has 1 aliphatic carbocycles. The molecule has 0 aliphatic heterocycles. The molecule has 9 heteroatoms. The van der Waals surface area contributed by atoms with Crippen molar-refractivity contribution in [1.29, 1.82) is 0 Å². The maximum Gasteiger partial charge on any atom is 0.341 e. The van der Waals surface area contributed by atoms with Crippen LogP contribution in [0.2, 0.25) is 0 Å². The first-order valence-corrected chi connectivity index (χ1v) is 7.58. The van der Waals surface area contributed by atoms with Crippen molar-refractivity contribution >= 4 is 17.9 Å². The summed E-state index contributed by atoms with van der Waals surface area (Å²) in [4.78, 5) is 33.9. The summed E-state index contributed by atoms with van der Waals surface area (Å²) in [6.07, 6.45) is 0.584. The number of carbonyl (C=O) groups excluding carboxylic acids is 2. The van der Waals surface area contributed by atoms with Gasteiger partial charge >= 0.3 is 17.9 Å². The molecule has 0 aromatic heterocycles. The van der Waals surface area contributed by atoms with Crippen LogP contribution in [0.4, 0.5) is 13.2 Å². The van der Waals surface area contributed by atoms with E-state index in [4.69, 9.17) is 9.84 Å². The summed E-state index contributed by atoms with van der Waals surface area (Å²) >= 11 is 0. The molecule has 1 saturated carbocycles. The predicted molar refractivity (Wildman–Crippen MR) is 80.3 cm³/mol. The van der Waals surface area contributed by atoms with Gasteiger partial charge in [-0.05, 0) is 31.4 Å². The van der Waals surface area contributed by atoms with Gasteiger partial charge in [-0.15, -0.1) is 0 Å². The van der Waals surface area contributed by atoms with Crippen molar-refractivity contribution in [1.82, 2.24) is 0 Å². The summed E-state index contributed by atoms with van der Waals surface area (Å²) in [5.74, 6) is -7.78. The second-order valence-electron chi connectivity index (χ2n) is 5.83. The molecule has 0 unspecified atom stereocenters. The highest BCUT2D eigenvalue weighted by Crippen LogP contribution is 2.45. The van der Waals surface area contributed by atoms with E-state index in [-0.39, 0.29) is 24.0 Å². The molecule has 26 heavy (non-hydrogen) atoms. The monoisotopic (exact) mass is 372 g/mol. The van der Waals surface area contributed by atoms with E-state index >= 15 is 0 Å². The number of carboxylic acid groups (broad SMARTS) is 1. The first kappa shape index (κ1) is 19.5. The SMILES string of the molecule is C=C(CC(=O)OC1(c2cc(F)c(F)c(F)c2)CCC1)C(=O)OCC(=O)O. The lowest BCUT2D eigenvalue weighted by Gasteiger charge is -2.41. The van der Waals surface area contributed by atoms with Gasteiger partial charge in [0.25, 0.3) is 0 Å². The summed E-state index contributed by atoms with van der Waals surface area (Å²) in [5, 5.41) is 8.42. The van der Waals surface area contributed by atoms with Gasteiger partial charge < -0.3 is 14.6 Å². The molecule has 1 aromatic carbocycles. The van der Waals surface area contributed by atoms with Crippen molar-refractivity contribution in [3.63, 3.8) is 0 Å². The molecule has 2 rings (SSSR count). The number of rotatable bonds is 7. The van der Waals surface area contributed by atoms with Gasteiger partial charge in [-0.1, -0.05) is 6.58 Å². The Morgan fingerprint density at radius 3 is 2.19 bits per heavy atom. The second-order valence-corrected chi connectivity index (χ2v) is 5.83. The molecule has 0 spiro atoms. The first-order valence-electron chi connectivity index (χ1n) is 7.58. The highest BCUT2D eigenvalue weighted by molar-refractivity contribution is 5.94. The Bertz CT molecular complexity index is 747. The zero-order valence-corrected chi connectivity index (χ0v) is 13.5. The Kier molecular flexibility index (Phi) is 5.69. The van der Waals surface area contributed by atoms with Crippen molar-refractivity contribution in [2.24, 2.45) is 0 Å². The van der Waals surface area contributed by atoms with E-state index in [0.717, 1.165) is 12.1 Å². The summed E-state index contributed by atoms with van der Waals surface area (Å²) in [7, 11) is 0. The quantitative estimate of drug-likeness (QED) is 0.450. The van der Waals surface area contributed by atoms with Gasteiger partial charge in [0.1, 0.15) is 5.60 Å². The fourth-order valence-corrected chi connectivity index (χ4v) is 2.50. The van der Waals surface area contributed by atoms with Gasteiger partial charge in [0.2, 0.25) is 0 Å². The number of benzene rings is 1. The van der Waals surface area contributed by atoms with Crippen LogP contribution in [-0.4, -0.2) is 29.6 Å². The van der Waals surface area contributed by atoms with Crippen molar-refractivity contribution in [3.8, 4) is 0 Å². The molecule has 0 bridgehead atoms. The highest BCUT2D eigenvalue weighted by atomic mass is 19.2. The van der Waals surface area contributed by atoms with Crippen molar-refractivity contribution in [2.75, 3.05) is 6.61 Å². The minimum Gasteiger partial charge on any atom is -0.479 e. The standard InChI is InChI=1S/C17H15F3O6/c1-9(16(24)25-8-13(21)22)5-14(23)26-17(3-2-4-17)10-6-11(18)15(20)12(19)7-10/h6-7H,1-5,8H2,(H,21,22). The predicted octanol–water partition coefficient (Wildman–Crippen LogP) is 2.60. The normalized spacial score (nSPS) is 14.9. The smallest absolute Gasteiger partial charge is 0.341 e. The van der Waals surface area contributed by atoms with E-state index in [1.807, 2.05) is 0 Å². The second kappa shape index (κ2) is 7.59. The van der Waals surface area contributed by atoms with Crippen molar-refractivity contribution < 1.29 is 42.1 Å². The molecule has 1 fully saturated rings. The molecule has 1 aliphatic rings. The van der Waals surface area contributed by atoms with Crippen LogP contribution in [0.3, 0.4) is 0 Å². The summed E-state index contributed by atoms with van der Waals surface area (Å²) in [5.41, 5.74) is -1.66. The average Bonchev–Trinajstić information content (AvgIpc) is 2.53. The van der Waals surface area contributed by atoms with Gasteiger partial charge in [-0.2, -0.15) is 0 Å². The average molecular weight is 372 g/mol. The van der Waals surface area contributed by atoms with E-state index < -0.39 is 54.0 Å². The molecular formula is C17H15F3O6. The third-order valence-corrected chi connectivity index (χ3v) is 3.95. The van der Waals surface area contributed by atoms with E-state index in [0.29, 0.717) is 6.42 Å². The van der Waals surface area contributed by atoms with Crippen molar-refractivity contribution in [3.05, 3.63) is 47.3 Å². The molecule has 1 aromatic rings. The number of hydrogen-bond acceptors (Lipinski definition) is 5. The molecule has 0 heterocycles. The summed E-state index contributed by atoms with van der Waals surface area (Å²) < 4.78 is 49.7. The third-order valence-electron chi connectivity index (χ3n) is 3.95. The van der Waals surface area contributed by atoms with Crippen LogP contribution < -0.4 is 0 Å². The number of carboxylic acids is 1. The highest BCUT2D eigenvalue weighted by Gasteiger charge is 2.43. The van der Waals surface area contributed by atoms with Crippen LogP contribution in [0.5, 0.6) is 0 Å². The molecule has 0 saturated heterocycles. The number of halogens is 3. The van der Waals surface area contributed by atoms with Gasteiger partial charge in [0, 0.05) is 11.1 Å². The maximum atomic E-state index is 13.5. The Morgan fingerprint density at radius 1 is 1.15 bits per heavy atom. The minimum absolute atomic E-state index is 0.0208. The van der Waals surface area contributed by atoms with Crippen molar-refractivity contribution in [2.45, 2.75) is 31.3 Å². The van der Waals surface area contributed by atoms with Crippen LogP contribution in [-0.2, 0) is 29.5 Å². The molecule has 0 atom stereocenters. The lowest BCUT2D eigenvalue weighted by Crippen LogP contribution is -2.39. The van der Waals surface area contributed by atoms with Gasteiger partial charge in [-0.25, -0.2) is 22.8 Å². The van der Waals surface area contributed by atoms with Crippen LogP contribution >= 0.6 is 0 Å². The number of ether oxygens (including phenoxy) is 2. The van der Waals surface area contributed by atoms with E-state index in [1.54, 1.807) is 0 Å². The largest absolute Gasteiger partial charge is 0.479 e. The lowest BCUT2D eigenvalue weighted by atomic mass is 9.74. The molecular weight excluding hydrogens is 357 g/mol. The van der Waals surface area contributed by atoms with Crippen LogP contribution in [0.15, 0.2) is 24.3 Å². The van der Waals surface area contributed by atoms with Gasteiger partial charge in [-0.3, -0.25) is 4.79 Å². The zero-order chi connectivity index (χ0) is 19.5. The fraction of sp³-hybridized carbons (Fsp3) is 0.353. The molecule has 1 N–H and O–H groups in total. The number of carbonyl (C=O) groups is 3. The Hall–Kier alpha value is -2.84. The zero-order valence-electron chi connectivity index (χ0n) is 13.5. The first-order chi connectivity index (χ1) is 12.1. The van der Waals surface area contributed by atoms with E-state index in [1.165, 1.54) is 0 Å². The van der Waals surface area contributed by atoms with Crippen LogP contribution in [0.1, 0.15) is 31.2 Å². The topological polar surface area (TPSA) is 89.9 Å². The number of esters is 2. The number of aliphatic carboxylic acids is 1. The minimum atomic E-state index is -1.62. The van der Waals surface area contributed by atoms with E-state index in [2.05, 4.69) is 11.3 Å². The molecule has 140 valence electrons. The maximum absolute atomic E-state index is 13.5. The Balaban J connectivity index is 2.05. The lowest BCUT2D eigenvalue weighted by molar-refractivity contribution is -0.171. The Morgan fingerprint density at radius 2 is 1.73 bits per heavy atom. The third kappa shape index (κ3) is 4.22. The fourth-order valence-electron chi connectivity index (χ4n) is 2.50. The Labute approximate surface area is 146 Å². The number of hydrogen-bond donors (Lipinski definition) is 1. The van der Waals surface area contributed by atoms with Gasteiger partial charge in [0.05, 0.1) is 6.42 Å². The van der Waals surface area contributed by atoms with Gasteiger partial charge in [0.15, 0.2) is 24.1 Å². The van der Waals surface area contributed by atoms with Crippen LogP contribution in [0, 0.1) is 17.5 Å². The molecule has 0 radical (unpaired) electrons. The summed E-state index contributed by atoms with van der Waals surface area (Å²) in [6, 6.07) is 1.53. The van der Waals surface area contributed by atoms with Crippen LogP contribution in [0.25, 0.3) is 0 Å².